The van der Waals surface area contributed by atoms with E-state index in [9.17, 15) is 4.79 Å². The van der Waals surface area contributed by atoms with Crippen molar-refractivity contribution in [2.75, 3.05) is 29.9 Å². The third-order valence-corrected chi connectivity index (χ3v) is 5.83. The zero-order valence-electron chi connectivity index (χ0n) is 17.2. The van der Waals surface area contributed by atoms with E-state index < -0.39 is 0 Å². The Morgan fingerprint density at radius 1 is 1.20 bits per heavy atom. The van der Waals surface area contributed by atoms with Crippen LogP contribution in [-0.2, 0) is 4.79 Å². The molecule has 1 atom stereocenters. The van der Waals surface area contributed by atoms with E-state index in [4.69, 9.17) is 21.3 Å². The molecule has 4 rings (SSSR count). The van der Waals surface area contributed by atoms with Crippen LogP contribution in [-0.4, -0.2) is 35.6 Å². The van der Waals surface area contributed by atoms with Gasteiger partial charge in [-0.1, -0.05) is 29.8 Å². The Morgan fingerprint density at radius 3 is 2.73 bits per heavy atom. The number of nitrogens with zero attached hydrogens (tertiary/aromatic N) is 3. The van der Waals surface area contributed by atoms with Crippen LogP contribution in [0.4, 0.5) is 11.5 Å². The maximum Gasteiger partial charge on any atom is 0.258 e. The van der Waals surface area contributed by atoms with Gasteiger partial charge in [-0.15, -0.1) is 0 Å². The van der Waals surface area contributed by atoms with Crippen molar-refractivity contribution in [3.8, 4) is 5.88 Å². The van der Waals surface area contributed by atoms with Crippen molar-refractivity contribution < 1.29 is 9.53 Å². The highest BCUT2D eigenvalue weighted by molar-refractivity contribution is 6.31. The van der Waals surface area contributed by atoms with Crippen LogP contribution in [0.25, 0.3) is 11.0 Å². The van der Waals surface area contributed by atoms with Gasteiger partial charge in [0.05, 0.1) is 23.6 Å². The van der Waals surface area contributed by atoms with Gasteiger partial charge in [-0.25, -0.2) is 9.97 Å². The second-order valence-electron chi connectivity index (χ2n) is 7.46. The average Bonchev–Trinajstić information content (AvgIpc) is 2.77. The zero-order valence-corrected chi connectivity index (χ0v) is 17.9. The molecular formula is C23H25ClN4O2. The number of para-hydroxylation sites is 2. The van der Waals surface area contributed by atoms with Crippen LogP contribution >= 0.6 is 11.6 Å². The zero-order chi connectivity index (χ0) is 21.1. The number of aromatic nitrogens is 2. The van der Waals surface area contributed by atoms with Crippen molar-refractivity contribution in [3.63, 3.8) is 0 Å². The lowest BCUT2D eigenvalue weighted by atomic mass is 9.97. The lowest BCUT2D eigenvalue weighted by Crippen LogP contribution is -2.41. The second-order valence-corrected chi connectivity index (χ2v) is 7.87. The third-order valence-electron chi connectivity index (χ3n) is 5.42. The fourth-order valence-corrected chi connectivity index (χ4v) is 3.95. The summed E-state index contributed by atoms with van der Waals surface area (Å²) in [5.74, 6) is 1.06. The number of halogens is 1. The number of hydrogen-bond donors (Lipinski definition) is 1. The summed E-state index contributed by atoms with van der Waals surface area (Å²) < 4.78 is 5.79. The van der Waals surface area contributed by atoms with Crippen molar-refractivity contribution in [2.24, 2.45) is 5.92 Å². The fraction of sp³-hybridized carbons (Fsp3) is 0.348. The van der Waals surface area contributed by atoms with Gasteiger partial charge in [0.1, 0.15) is 0 Å². The highest BCUT2D eigenvalue weighted by Crippen LogP contribution is 2.31. The summed E-state index contributed by atoms with van der Waals surface area (Å²) in [4.78, 5) is 24.6. The fourth-order valence-electron chi connectivity index (χ4n) is 3.78. The standard InChI is InChI=1S/C23H25ClN4O2/c1-3-30-23-21(25-19-10-4-5-11-20(19)27-23)28-13-7-8-16(14-28)22(29)26-18-12-6-9-17(24)15(18)2/h4-6,9-12,16H,3,7-8,13-14H2,1-2H3,(H,26,29)/t16-/m0/s1. The molecule has 2 aromatic carbocycles. The maximum atomic E-state index is 13.0. The topological polar surface area (TPSA) is 67.4 Å². The first-order chi connectivity index (χ1) is 14.6. The average molecular weight is 425 g/mol. The van der Waals surface area contributed by atoms with Crippen molar-refractivity contribution in [2.45, 2.75) is 26.7 Å². The van der Waals surface area contributed by atoms with E-state index in [1.165, 1.54) is 0 Å². The summed E-state index contributed by atoms with van der Waals surface area (Å²) in [5.41, 5.74) is 3.24. The summed E-state index contributed by atoms with van der Waals surface area (Å²) >= 11 is 6.19. The number of benzene rings is 2. The van der Waals surface area contributed by atoms with Crippen LogP contribution in [0, 0.1) is 12.8 Å². The maximum absolute atomic E-state index is 13.0. The minimum atomic E-state index is -0.153. The Bertz CT molecular complexity index is 1070. The van der Waals surface area contributed by atoms with Gasteiger partial charge >= 0.3 is 0 Å². The lowest BCUT2D eigenvalue weighted by molar-refractivity contribution is -0.120. The Labute approximate surface area is 181 Å². The minimum absolute atomic E-state index is 0.00299. The van der Waals surface area contributed by atoms with Crippen LogP contribution in [0.1, 0.15) is 25.3 Å². The molecule has 1 aromatic heterocycles. The molecule has 0 spiro atoms. The van der Waals surface area contributed by atoms with Crippen molar-refractivity contribution in [1.29, 1.82) is 0 Å². The predicted molar refractivity (Wildman–Crippen MR) is 120 cm³/mol. The van der Waals surface area contributed by atoms with E-state index in [0.29, 0.717) is 29.9 Å². The van der Waals surface area contributed by atoms with Gasteiger partial charge in [0, 0.05) is 23.8 Å². The normalized spacial score (nSPS) is 16.5. The molecule has 30 heavy (non-hydrogen) atoms. The van der Waals surface area contributed by atoms with E-state index in [1.54, 1.807) is 0 Å². The Balaban J connectivity index is 1.57. The van der Waals surface area contributed by atoms with Crippen molar-refractivity contribution >= 4 is 40.0 Å². The van der Waals surface area contributed by atoms with Crippen molar-refractivity contribution in [3.05, 3.63) is 53.1 Å². The third kappa shape index (κ3) is 4.19. The second kappa shape index (κ2) is 8.88. The number of nitrogens with one attached hydrogen (secondary N) is 1. The first-order valence-corrected chi connectivity index (χ1v) is 10.6. The number of anilines is 2. The highest BCUT2D eigenvalue weighted by Gasteiger charge is 2.29. The number of rotatable bonds is 5. The molecule has 7 heteroatoms. The van der Waals surface area contributed by atoms with Crippen LogP contribution < -0.4 is 15.0 Å². The summed E-state index contributed by atoms with van der Waals surface area (Å²) in [6, 6.07) is 13.3. The number of piperidine rings is 1. The summed E-state index contributed by atoms with van der Waals surface area (Å²) in [6.45, 7) is 5.72. The quantitative estimate of drug-likeness (QED) is 0.634. The molecule has 6 nitrogen and oxygen atoms in total. The molecule has 1 aliphatic rings. The Kier molecular flexibility index (Phi) is 6.04. The first-order valence-electron chi connectivity index (χ1n) is 10.3. The molecule has 0 bridgehead atoms. The van der Waals surface area contributed by atoms with Crippen LogP contribution in [0.5, 0.6) is 5.88 Å². The Hall–Kier alpha value is -2.86. The number of amides is 1. The molecule has 1 aliphatic heterocycles. The minimum Gasteiger partial charge on any atom is -0.475 e. The van der Waals surface area contributed by atoms with Gasteiger partial charge in [0.15, 0.2) is 5.82 Å². The summed E-state index contributed by atoms with van der Waals surface area (Å²) in [7, 11) is 0. The largest absolute Gasteiger partial charge is 0.475 e. The van der Waals surface area contributed by atoms with Gasteiger partial charge in [0.2, 0.25) is 5.91 Å². The lowest BCUT2D eigenvalue weighted by Gasteiger charge is -2.33. The van der Waals surface area contributed by atoms with Gasteiger partial charge < -0.3 is 15.0 Å². The Morgan fingerprint density at radius 2 is 1.97 bits per heavy atom. The molecule has 0 aliphatic carbocycles. The van der Waals surface area contributed by atoms with E-state index in [0.717, 1.165) is 41.7 Å². The van der Waals surface area contributed by atoms with Gasteiger partial charge in [-0.3, -0.25) is 4.79 Å². The number of carbonyl (C=O) groups is 1. The summed E-state index contributed by atoms with van der Waals surface area (Å²) in [5, 5.41) is 3.69. The smallest absolute Gasteiger partial charge is 0.258 e. The SMILES string of the molecule is CCOc1nc2ccccc2nc1N1CCC[C@H](C(=O)Nc2cccc(Cl)c2C)C1. The molecule has 0 saturated carbocycles. The number of ether oxygens (including phenoxy) is 1. The van der Waals surface area contributed by atoms with Gasteiger partial charge in [0.25, 0.3) is 5.88 Å². The monoisotopic (exact) mass is 424 g/mol. The molecule has 1 saturated heterocycles. The van der Waals surface area contributed by atoms with Crippen LogP contribution in [0.15, 0.2) is 42.5 Å². The molecule has 3 aromatic rings. The molecule has 0 radical (unpaired) electrons. The highest BCUT2D eigenvalue weighted by atomic mass is 35.5. The number of hydrogen-bond acceptors (Lipinski definition) is 5. The predicted octanol–water partition coefficient (Wildman–Crippen LogP) is 4.85. The molecular weight excluding hydrogens is 400 g/mol. The molecule has 1 fully saturated rings. The molecule has 1 amide bonds. The van der Waals surface area contributed by atoms with E-state index in [1.807, 2.05) is 56.3 Å². The first kappa shape index (κ1) is 20.4. The van der Waals surface area contributed by atoms with E-state index in [2.05, 4.69) is 15.2 Å². The van der Waals surface area contributed by atoms with E-state index in [-0.39, 0.29) is 11.8 Å². The van der Waals surface area contributed by atoms with Crippen LogP contribution in [0.2, 0.25) is 5.02 Å². The van der Waals surface area contributed by atoms with Crippen LogP contribution in [0.3, 0.4) is 0 Å². The number of carbonyl (C=O) groups excluding carboxylic acids is 1. The van der Waals surface area contributed by atoms with Crippen molar-refractivity contribution in [1.82, 2.24) is 9.97 Å². The summed E-state index contributed by atoms with van der Waals surface area (Å²) in [6.07, 6.45) is 1.72. The molecule has 2 heterocycles. The van der Waals surface area contributed by atoms with E-state index >= 15 is 0 Å². The molecule has 1 N–H and O–H groups in total. The molecule has 156 valence electrons. The number of fused-ring (bicyclic) bond motifs is 1. The van der Waals surface area contributed by atoms with Gasteiger partial charge in [-0.2, -0.15) is 0 Å². The van der Waals surface area contributed by atoms with Gasteiger partial charge in [-0.05, 0) is 56.5 Å². The molecule has 0 unspecified atom stereocenters.